The molecule has 0 unspecified atom stereocenters. The largest absolute Gasteiger partial charge is 0.469 e. The summed E-state index contributed by atoms with van der Waals surface area (Å²) in [5.74, 6) is -0.220. The summed E-state index contributed by atoms with van der Waals surface area (Å²) in [6.07, 6.45) is 0.303. The Morgan fingerprint density at radius 2 is 1.26 bits per heavy atom. The maximum Gasteiger partial charge on any atom is 0.309 e. The summed E-state index contributed by atoms with van der Waals surface area (Å²) in [5.41, 5.74) is 5.68. The zero-order valence-electron chi connectivity index (χ0n) is 13.0. The van der Waals surface area contributed by atoms with Gasteiger partial charge in [-0.2, -0.15) is 0 Å². The first-order chi connectivity index (χ1) is 11.3. The van der Waals surface area contributed by atoms with Crippen LogP contribution in [-0.4, -0.2) is 13.1 Å². The zero-order valence-corrected chi connectivity index (χ0v) is 13.0. The number of hydrogen-bond donors (Lipinski definition) is 0. The minimum atomic E-state index is -0.220. The molecule has 0 aromatic heterocycles. The Kier molecular flexibility index (Phi) is 4.53. The van der Waals surface area contributed by atoms with Gasteiger partial charge in [-0.15, -0.1) is 0 Å². The van der Waals surface area contributed by atoms with E-state index < -0.39 is 0 Å². The molecule has 3 aromatic rings. The molecule has 3 aromatic carbocycles. The quantitative estimate of drug-likeness (QED) is 0.651. The first-order valence-corrected chi connectivity index (χ1v) is 7.58. The van der Waals surface area contributed by atoms with Crippen molar-refractivity contribution in [3.05, 3.63) is 84.4 Å². The van der Waals surface area contributed by atoms with Gasteiger partial charge in [-0.1, -0.05) is 78.9 Å². The lowest BCUT2D eigenvalue weighted by Crippen LogP contribution is -2.04. The summed E-state index contributed by atoms with van der Waals surface area (Å²) in [6.45, 7) is 0. The zero-order chi connectivity index (χ0) is 16.1. The molecule has 0 atom stereocenters. The predicted octanol–water partition coefficient (Wildman–Crippen LogP) is 4.74. The molecule has 0 aliphatic heterocycles. The van der Waals surface area contributed by atoms with E-state index in [0.717, 1.165) is 11.1 Å². The Balaban J connectivity index is 1.95. The Bertz CT molecular complexity index is 790. The summed E-state index contributed by atoms with van der Waals surface area (Å²) in [5, 5.41) is 0. The first kappa shape index (κ1) is 15.0. The van der Waals surface area contributed by atoms with Gasteiger partial charge < -0.3 is 4.74 Å². The molecule has 0 saturated carbocycles. The maximum atomic E-state index is 11.4. The highest BCUT2D eigenvalue weighted by Crippen LogP contribution is 2.31. The molecule has 0 N–H and O–H groups in total. The molecule has 2 heteroatoms. The molecule has 0 radical (unpaired) electrons. The molecule has 0 heterocycles. The highest BCUT2D eigenvalue weighted by atomic mass is 16.5. The number of methoxy groups -OCH3 is 1. The number of carbonyl (C=O) groups excluding carboxylic acids is 1. The van der Waals surface area contributed by atoms with Crippen molar-refractivity contribution in [1.82, 2.24) is 0 Å². The Morgan fingerprint density at radius 1 is 0.739 bits per heavy atom. The lowest BCUT2D eigenvalue weighted by atomic mass is 9.94. The van der Waals surface area contributed by atoms with Gasteiger partial charge in [-0.25, -0.2) is 0 Å². The highest BCUT2D eigenvalue weighted by Gasteiger charge is 2.07. The van der Waals surface area contributed by atoms with Crippen molar-refractivity contribution in [3.8, 4) is 22.3 Å². The maximum absolute atomic E-state index is 11.4. The van der Waals surface area contributed by atoms with Gasteiger partial charge in [0.2, 0.25) is 0 Å². The van der Waals surface area contributed by atoms with Crippen molar-refractivity contribution < 1.29 is 9.53 Å². The van der Waals surface area contributed by atoms with Crippen LogP contribution in [0.4, 0.5) is 0 Å². The molecule has 3 rings (SSSR count). The fourth-order valence-corrected chi connectivity index (χ4v) is 2.65. The molecule has 2 nitrogen and oxygen atoms in total. The molecule has 0 spiro atoms. The Morgan fingerprint density at radius 3 is 1.83 bits per heavy atom. The van der Waals surface area contributed by atoms with Crippen LogP contribution in [0, 0.1) is 0 Å². The van der Waals surface area contributed by atoms with Crippen molar-refractivity contribution in [2.75, 3.05) is 7.11 Å². The van der Waals surface area contributed by atoms with Crippen molar-refractivity contribution in [2.45, 2.75) is 6.42 Å². The van der Waals surface area contributed by atoms with Crippen LogP contribution in [-0.2, 0) is 16.0 Å². The normalized spacial score (nSPS) is 10.3. The SMILES string of the molecule is COC(=O)Cc1ccc(-c2ccccc2-c2ccccc2)cc1. The minimum absolute atomic E-state index is 0.220. The average molecular weight is 302 g/mol. The van der Waals surface area contributed by atoms with Crippen molar-refractivity contribution in [2.24, 2.45) is 0 Å². The van der Waals surface area contributed by atoms with Crippen LogP contribution < -0.4 is 0 Å². The van der Waals surface area contributed by atoms with Gasteiger partial charge in [0.1, 0.15) is 0 Å². The van der Waals surface area contributed by atoms with E-state index in [1.165, 1.54) is 23.8 Å². The Labute approximate surface area is 136 Å². The number of esters is 1. The van der Waals surface area contributed by atoms with E-state index in [4.69, 9.17) is 4.74 Å². The van der Waals surface area contributed by atoms with E-state index in [-0.39, 0.29) is 5.97 Å². The molecular weight excluding hydrogens is 284 g/mol. The monoisotopic (exact) mass is 302 g/mol. The van der Waals surface area contributed by atoms with Crippen LogP contribution in [0.5, 0.6) is 0 Å². The van der Waals surface area contributed by atoms with Crippen LogP contribution in [0.3, 0.4) is 0 Å². The van der Waals surface area contributed by atoms with Crippen LogP contribution >= 0.6 is 0 Å². The van der Waals surface area contributed by atoms with Crippen molar-refractivity contribution >= 4 is 5.97 Å². The number of hydrogen-bond acceptors (Lipinski definition) is 2. The third-order valence-electron chi connectivity index (χ3n) is 3.85. The summed E-state index contributed by atoms with van der Waals surface area (Å²) < 4.78 is 4.71. The summed E-state index contributed by atoms with van der Waals surface area (Å²) in [7, 11) is 1.41. The fourth-order valence-electron chi connectivity index (χ4n) is 2.65. The van der Waals surface area contributed by atoms with Crippen LogP contribution in [0.2, 0.25) is 0 Å². The molecule has 0 amide bonds. The van der Waals surface area contributed by atoms with E-state index >= 15 is 0 Å². The summed E-state index contributed by atoms with van der Waals surface area (Å²) in [6, 6.07) is 26.8. The molecule has 0 saturated heterocycles. The molecule has 0 aliphatic rings. The van der Waals surface area contributed by atoms with Gasteiger partial charge in [0.15, 0.2) is 0 Å². The smallest absolute Gasteiger partial charge is 0.309 e. The standard InChI is InChI=1S/C21H18O2/c1-23-21(22)15-16-11-13-18(14-12-16)20-10-6-5-9-19(20)17-7-3-2-4-8-17/h2-14H,15H2,1H3. The van der Waals surface area contributed by atoms with Crippen LogP contribution in [0.15, 0.2) is 78.9 Å². The molecule has 0 fully saturated rings. The topological polar surface area (TPSA) is 26.3 Å². The van der Waals surface area contributed by atoms with Crippen LogP contribution in [0.25, 0.3) is 22.3 Å². The van der Waals surface area contributed by atoms with E-state index in [0.29, 0.717) is 6.42 Å². The second kappa shape index (κ2) is 6.93. The van der Waals surface area contributed by atoms with Crippen molar-refractivity contribution in [3.63, 3.8) is 0 Å². The van der Waals surface area contributed by atoms with Gasteiger partial charge in [-0.05, 0) is 27.8 Å². The second-order valence-electron chi connectivity index (χ2n) is 5.36. The van der Waals surface area contributed by atoms with E-state index in [1.807, 2.05) is 36.4 Å². The first-order valence-electron chi connectivity index (χ1n) is 7.58. The minimum Gasteiger partial charge on any atom is -0.469 e. The third-order valence-corrected chi connectivity index (χ3v) is 3.85. The van der Waals surface area contributed by atoms with E-state index in [2.05, 4.69) is 42.5 Å². The third kappa shape index (κ3) is 3.49. The number of ether oxygens (including phenoxy) is 1. The summed E-state index contributed by atoms with van der Waals surface area (Å²) in [4.78, 5) is 11.4. The number of rotatable bonds is 4. The summed E-state index contributed by atoms with van der Waals surface area (Å²) >= 11 is 0. The van der Waals surface area contributed by atoms with Gasteiger partial charge in [0.05, 0.1) is 13.5 Å². The molecule has 23 heavy (non-hydrogen) atoms. The molecule has 0 aliphatic carbocycles. The van der Waals surface area contributed by atoms with Gasteiger partial charge >= 0.3 is 5.97 Å². The number of carbonyl (C=O) groups is 1. The Hall–Kier alpha value is -2.87. The second-order valence-corrected chi connectivity index (χ2v) is 5.36. The molecule has 0 bridgehead atoms. The van der Waals surface area contributed by atoms with E-state index in [1.54, 1.807) is 0 Å². The lowest BCUT2D eigenvalue weighted by molar-refractivity contribution is -0.139. The highest BCUT2D eigenvalue weighted by molar-refractivity contribution is 5.83. The van der Waals surface area contributed by atoms with Gasteiger partial charge in [0, 0.05) is 0 Å². The van der Waals surface area contributed by atoms with Crippen molar-refractivity contribution in [1.29, 1.82) is 0 Å². The molecular formula is C21H18O2. The predicted molar refractivity (Wildman–Crippen MR) is 93.0 cm³/mol. The fraction of sp³-hybridized carbons (Fsp3) is 0.0952. The average Bonchev–Trinajstić information content (AvgIpc) is 2.63. The lowest BCUT2D eigenvalue weighted by Gasteiger charge is -2.10. The van der Waals surface area contributed by atoms with Gasteiger partial charge in [-0.3, -0.25) is 4.79 Å². The molecule has 114 valence electrons. The van der Waals surface area contributed by atoms with E-state index in [9.17, 15) is 4.79 Å². The van der Waals surface area contributed by atoms with Gasteiger partial charge in [0.25, 0.3) is 0 Å². The number of benzene rings is 3. The van der Waals surface area contributed by atoms with Crippen LogP contribution in [0.1, 0.15) is 5.56 Å².